The van der Waals surface area contributed by atoms with Gasteiger partial charge in [0.15, 0.2) is 5.75 Å². The molecule has 6 nitrogen and oxygen atoms in total. The van der Waals surface area contributed by atoms with E-state index in [9.17, 15) is 9.59 Å². The van der Waals surface area contributed by atoms with Crippen molar-refractivity contribution in [3.63, 3.8) is 0 Å². The highest BCUT2D eigenvalue weighted by atomic mass is 79.9. The quantitative estimate of drug-likeness (QED) is 0.546. The first-order chi connectivity index (χ1) is 12.5. The third kappa shape index (κ3) is 5.05. The van der Waals surface area contributed by atoms with E-state index >= 15 is 0 Å². The lowest BCUT2D eigenvalue weighted by molar-refractivity contribution is -0.143. The van der Waals surface area contributed by atoms with Crippen LogP contribution >= 0.6 is 15.9 Å². The normalized spacial score (nSPS) is 11.5. The summed E-state index contributed by atoms with van der Waals surface area (Å²) in [6, 6.07) is 10.3. The fourth-order valence-electron chi connectivity index (χ4n) is 2.54. The van der Waals surface area contributed by atoms with Crippen LogP contribution in [0.25, 0.3) is 0 Å². The third-order valence-electron chi connectivity index (χ3n) is 3.81. The summed E-state index contributed by atoms with van der Waals surface area (Å²) in [5, 5.41) is 2.88. The summed E-state index contributed by atoms with van der Waals surface area (Å²) in [4.78, 5) is 28.8. The SMILES string of the molecule is CCOC(=O)CC(NC(=O)c1ccc(OC)c(Br)n1)c1ccccc1C. The molecule has 1 amide bonds. The molecule has 0 saturated carbocycles. The lowest BCUT2D eigenvalue weighted by atomic mass is 9.98. The molecule has 1 aromatic carbocycles. The number of benzene rings is 1. The minimum absolute atomic E-state index is 0.0434. The Hall–Kier alpha value is -2.41. The number of halogens is 1. The van der Waals surface area contributed by atoms with Gasteiger partial charge in [-0.2, -0.15) is 0 Å². The van der Waals surface area contributed by atoms with Crippen molar-refractivity contribution in [3.8, 4) is 5.75 Å². The van der Waals surface area contributed by atoms with Crippen LogP contribution in [-0.4, -0.2) is 30.6 Å². The molecule has 0 bridgehead atoms. The average Bonchev–Trinajstić information content (AvgIpc) is 2.61. The minimum Gasteiger partial charge on any atom is -0.494 e. The highest BCUT2D eigenvalue weighted by molar-refractivity contribution is 9.10. The zero-order valence-electron chi connectivity index (χ0n) is 14.9. The molecule has 0 aliphatic carbocycles. The Morgan fingerprint density at radius 3 is 2.58 bits per heavy atom. The van der Waals surface area contributed by atoms with Gasteiger partial charge in [-0.25, -0.2) is 4.98 Å². The van der Waals surface area contributed by atoms with Gasteiger partial charge in [-0.05, 0) is 53.0 Å². The van der Waals surface area contributed by atoms with Crippen LogP contribution < -0.4 is 10.1 Å². The molecule has 1 atom stereocenters. The molecule has 7 heteroatoms. The van der Waals surface area contributed by atoms with Crippen molar-refractivity contribution in [3.05, 3.63) is 57.8 Å². The molecule has 2 aromatic rings. The Balaban J connectivity index is 2.25. The van der Waals surface area contributed by atoms with Gasteiger partial charge >= 0.3 is 5.97 Å². The Bertz CT molecular complexity index is 795. The zero-order chi connectivity index (χ0) is 19.1. The lowest BCUT2D eigenvalue weighted by Crippen LogP contribution is -2.31. The smallest absolute Gasteiger partial charge is 0.308 e. The number of pyridine rings is 1. The predicted molar refractivity (Wildman–Crippen MR) is 101 cm³/mol. The number of nitrogens with zero attached hydrogens (tertiary/aromatic N) is 1. The van der Waals surface area contributed by atoms with Crippen molar-refractivity contribution in [1.29, 1.82) is 0 Å². The van der Waals surface area contributed by atoms with E-state index in [1.807, 2.05) is 31.2 Å². The van der Waals surface area contributed by atoms with Gasteiger partial charge in [0.05, 0.1) is 26.2 Å². The molecular formula is C19H21BrN2O4. The maximum atomic E-state index is 12.6. The number of amides is 1. The molecular weight excluding hydrogens is 400 g/mol. The van der Waals surface area contributed by atoms with Gasteiger partial charge in [0.1, 0.15) is 10.3 Å². The van der Waals surface area contributed by atoms with Gasteiger partial charge in [-0.15, -0.1) is 0 Å². The monoisotopic (exact) mass is 420 g/mol. The molecule has 1 heterocycles. The molecule has 0 fully saturated rings. The second kappa shape index (κ2) is 9.33. The van der Waals surface area contributed by atoms with Crippen LogP contribution in [0.15, 0.2) is 41.0 Å². The van der Waals surface area contributed by atoms with Crippen LogP contribution in [0.2, 0.25) is 0 Å². The van der Waals surface area contributed by atoms with Crippen LogP contribution in [0.1, 0.15) is 41.0 Å². The van der Waals surface area contributed by atoms with Gasteiger partial charge in [-0.3, -0.25) is 9.59 Å². The summed E-state index contributed by atoms with van der Waals surface area (Å²) in [7, 11) is 1.52. The van der Waals surface area contributed by atoms with Gasteiger partial charge in [-0.1, -0.05) is 24.3 Å². The van der Waals surface area contributed by atoms with E-state index in [-0.39, 0.29) is 24.0 Å². The van der Waals surface area contributed by atoms with Crippen LogP contribution in [0.3, 0.4) is 0 Å². The number of esters is 1. The topological polar surface area (TPSA) is 77.5 Å². The Morgan fingerprint density at radius 2 is 1.96 bits per heavy atom. The molecule has 1 aromatic heterocycles. The molecule has 0 spiro atoms. The molecule has 0 aliphatic heterocycles. The Morgan fingerprint density at radius 1 is 1.23 bits per heavy atom. The summed E-state index contributed by atoms with van der Waals surface area (Å²) in [6.45, 7) is 3.97. The number of hydrogen-bond acceptors (Lipinski definition) is 5. The van der Waals surface area contributed by atoms with E-state index in [1.165, 1.54) is 7.11 Å². The predicted octanol–water partition coefficient (Wildman–Crippen LogP) is 3.59. The van der Waals surface area contributed by atoms with Gasteiger partial charge < -0.3 is 14.8 Å². The molecule has 0 saturated heterocycles. The largest absolute Gasteiger partial charge is 0.494 e. The zero-order valence-corrected chi connectivity index (χ0v) is 16.5. The van der Waals surface area contributed by atoms with E-state index < -0.39 is 6.04 Å². The van der Waals surface area contributed by atoms with E-state index in [2.05, 4.69) is 26.2 Å². The second-order valence-corrected chi connectivity index (χ2v) is 6.33. The van der Waals surface area contributed by atoms with Crippen LogP contribution in [0, 0.1) is 6.92 Å². The summed E-state index contributed by atoms with van der Waals surface area (Å²) in [5.74, 6) is -0.223. The fraction of sp³-hybridized carbons (Fsp3) is 0.316. The molecule has 0 radical (unpaired) electrons. The first kappa shape index (κ1) is 19.9. The van der Waals surface area contributed by atoms with Crippen molar-refractivity contribution in [2.75, 3.05) is 13.7 Å². The van der Waals surface area contributed by atoms with Crippen molar-refractivity contribution in [2.24, 2.45) is 0 Å². The van der Waals surface area contributed by atoms with E-state index in [4.69, 9.17) is 9.47 Å². The summed E-state index contributed by atoms with van der Waals surface area (Å²) in [5.41, 5.74) is 2.06. The molecule has 26 heavy (non-hydrogen) atoms. The number of methoxy groups -OCH3 is 1. The van der Waals surface area contributed by atoms with Crippen LogP contribution in [0.4, 0.5) is 0 Å². The standard InChI is InChI=1S/C19H21BrN2O4/c1-4-26-17(23)11-15(13-8-6-5-7-12(13)2)22-19(24)14-9-10-16(25-3)18(20)21-14/h5-10,15H,4,11H2,1-3H3,(H,22,24). The number of nitrogens with one attached hydrogen (secondary N) is 1. The third-order valence-corrected chi connectivity index (χ3v) is 4.38. The summed E-state index contributed by atoms with van der Waals surface area (Å²) >= 11 is 3.27. The van der Waals surface area contributed by atoms with Crippen molar-refractivity contribution in [2.45, 2.75) is 26.3 Å². The summed E-state index contributed by atoms with van der Waals surface area (Å²) < 4.78 is 10.6. The number of aryl methyl sites for hydroxylation is 1. The van der Waals surface area contributed by atoms with Crippen molar-refractivity contribution >= 4 is 27.8 Å². The minimum atomic E-state index is -0.509. The Kier molecular flexibility index (Phi) is 7.15. The highest BCUT2D eigenvalue weighted by Crippen LogP contribution is 2.24. The second-order valence-electron chi connectivity index (χ2n) is 5.58. The Labute approximate surface area is 161 Å². The van der Waals surface area contributed by atoms with E-state index in [1.54, 1.807) is 19.1 Å². The molecule has 1 unspecified atom stereocenters. The van der Waals surface area contributed by atoms with Gasteiger partial charge in [0.25, 0.3) is 5.91 Å². The maximum absolute atomic E-state index is 12.6. The summed E-state index contributed by atoms with van der Waals surface area (Å²) in [6.07, 6.45) is 0.0434. The highest BCUT2D eigenvalue weighted by Gasteiger charge is 2.22. The number of carbonyl (C=O) groups excluding carboxylic acids is 2. The van der Waals surface area contributed by atoms with E-state index in [0.717, 1.165) is 11.1 Å². The van der Waals surface area contributed by atoms with Crippen LogP contribution in [0.5, 0.6) is 5.75 Å². The number of ether oxygens (including phenoxy) is 2. The lowest BCUT2D eigenvalue weighted by Gasteiger charge is -2.20. The van der Waals surface area contributed by atoms with Crippen molar-refractivity contribution < 1.29 is 19.1 Å². The molecule has 0 aliphatic rings. The average molecular weight is 421 g/mol. The molecule has 1 N–H and O–H groups in total. The fourth-order valence-corrected chi connectivity index (χ4v) is 3.02. The maximum Gasteiger partial charge on any atom is 0.308 e. The first-order valence-electron chi connectivity index (χ1n) is 8.18. The number of hydrogen-bond donors (Lipinski definition) is 1. The van der Waals surface area contributed by atoms with Gasteiger partial charge in [0.2, 0.25) is 0 Å². The van der Waals surface area contributed by atoms with E-state index in [0.29, 0.717) is 17.0 Å². The van der Waals surface area contributed by atoms with Crippen LogP contribution in [-0.2, 0) is 9.53 Å². The number of carbonyl (C=O) groups is 2. The van der Waals surface area contributed by atoms with Crippen molar-refractivity contribution in [1.82, 2.24) is 10.3 Å². The first-order valence-corrected chi connectivity index (χ1v) is 8.98. The molecule has 138 valence electrons. The number of aromatic nitrogens is 1. The number of rotatable bonds is 7. The molecule has 2 rings (SSSR count). The van der Waals surface area contributed by atoms with Gasteiger partial charge in [0, 0.05) is 0 Å².